The minimum Gasteiger partial charge on any atom is -0.455 e. The summed E-state index contributed by atoms with van der Waals surface area (Å²) >= 11 is 0. The zero-order valence-electron chi connectivity index (χ0n) is 30.6. The highest BCUT2D eigenvalue weighted by Gasteiger charge is 2.24. The number of para-hydroxylation sites is 2. The fourth-order valence-corrected chi connectivity index (χ4v) is 7.38. The summed E-state index contributed by atoms with van der Waals surface area (Å²) in [5.74, 6) is 0.995. The van der Waals surface area contributed by atoms with Gasteiger partial charge in [-0.15, -0.1) is 0 Å². The minimum atomic E-state index is -0.137. The predicted molar refractivity (Wildman–Crippen MR) is 222 cm³/mol. The molecule has 4 nitrogen and oxygen atoms in total. The van der Waals surface area contributed by atoms with Crippen LogP contribution in [0.15, 0.2) is 153 Å². The molecule has 2 aromatic heterocycles. The summed E-state index contributed by atoms with van der Waals surface area (Å²) in [5.41, 5.74) is 12.5. The molecular formula is C49H40N2O2. The number of nitrogens with zero attached hydrogens (tertiary/aromatic N) is 2. The average molecular weight is 689 g/mol. The van der Waals surface area contributed by atoms with E-state index in [1.165, 1.54) is 10.9 Å². The molecule has 0 atom stereocenters. The van der Waals surface area contributed by atoms with Crippen molar-refractivity contribution in [3.8, 4) is 33.7 Å². The van der Waals surface area contributed by atoms with Crippen molar-refractivity contribution >= 4 is 55.7 Å². The van der Waals surface area contributed by atoms with Crippen LogP contribution in [0.4, 0.5) is 5.69 Å². The number of oxazole rings is 1. The summed E-state index contributed by atoms with van der Waals surface area (Å²) < 4.78 is 13.5. The van der Waals surface area contributed by atoms with E-state index in [1.54, 1.807) is 0 Å². The van der Waals surface area contributed by atoms with E-state index in [0.29, 0.717) is 11.8 Å². The largest absolute Gasteiger partial charge is 0.455 e. The molecule has 0 unspecified atom stereocenters. The molecule has 0 radical (unpaired) electrons. The van der Waals surface area contributed by atoms with Crippen LogP contribution in [0.5, 0.6) is 0 Å². The fraction of sp³-hybridized carbons (Fsp3) is 0.143. The van der Waals surface area contributed by atoms with Gasteiger partial charge in [-0.3, -0.25) is 4.99 Å². The highest BCUT2D eigenvalue weighted by Crippen LogP contribution is 2.45. The lowest BCUT2D eigenvalue weighted by Gasteiger charge is -2.20. The van der Waals surface area contributed by atoms with E-state index in [9.17, 15) is 0 Å². The van der Waals surface area contributed by atoms with Crippen molar-refractivity contribution in [2.24, 2.45) is 4.99 Å². The fourth-order valence-electron chi connectivity index (χ4n) is 7.38. The number of rotatable bonds is 6. The molecule has 9 aromatic rings. The predicted octanol–water partition coefficient (Wildman–Crippen LogP) is 14.1. The molecule has 0 saturated carbocycles. The molecule has 0 aliphatic rings. The molecule has 0 fully saturated rings. The molecule has 0 N–H and O–H groups in total. The van der Waals surface area contributed by atoms with Crippen LogP contribution in [0.25, 0.3) is 77.5 Å². The summed E-state index contributed by atoms with van der Waals surface area (Å²) in [7, 11) is 0. The van der Waals surface area contributed by atoms with Gasteiger partial charge in [0.15, 0.2) is 5.58 Å². The zero-order valence-corrected chi connectivity index (χ0v) is 30.6. The number of aliphatic imine (C=N–C) groups is 1. The van der Waals surface area contributed by atoms with Gasteiger partial charge in [0.05, 0.1) is 11.3 Å². The Morgan fingerprint density at radius 3 is 2.15 bits per heavy atom. The van der Waals surface area contributed by atoms with E-state index in [-0.39, 0.29) is 5.41 Å². The maximum atomic E-state index is 6.77. The lowest BCUT2D eigenvalue weighted by atomic mass is 9.84. The third-order valence-electron chi connectivity index (χ3n) is 10.4. The first-order valence-electron chi connectivity index (χ1n) is 18.3. The van der Waals surface area contributed by atoms with Gasteiger partial charge in [-0.2, -0.15) is 0 Å². The molecule has 4 heteroatoms. The van der Waals surface area contributed by atoms with Crippen LogP contribution in [0.1, 0.15) is 57.2 Å². The van der Waals surface area contributed by atoms with Crippen molar-refractivity contribution < 1.29 is 8.83 Å². The third kappa shape index (κ3) is 5.81. The van der Waals surface area contributed by atoms with Crippen molar-refractivity contribution in [3.63, 3.8) is 0 Å². The van der Waals surface area contributed by atoms with E-state index in [1.807, 2.05) is 36.5 Å². The first-order valence-corrected chi connectivity index (χ1v) is 18.3. The summed E-state index contributed by atoms with van der Waals surface area (Å²) in [6.07, 6.45) is 1.93. The van der Waals surface area contributed by atoms with Gasteiger partial charge >= 0.3 is 0 Å². The van der Waals surface area contributed by atoms with Crippen molar-refractivity contribution in [2.75, 3.05) is 0 Å². The monoisotopic (exact) mass is 688 g/mol. The van der Waals surface area contributed by atoms with Crippen LogP contribution in [0, 0.1) is 0 Å². The molecule has 2 heterocycles. The second-order valence-electron chi connectivity index (χ2n) is 15.2. The van der Waals surface area contributed by atoms with Crippen molar-refractivity contribution in [2.45, 2.75) is 46.0 Å². The Labute approximate surface area is 309 Å². The van der Waals surface area contributed by atoms with Crippen LogP contribution in [0.2, 0.25) is 0 Å². The second-order valence-corrected chi connectivity index (χ2v) is 15.2. The smallest absolute Gasteiger partial charge is 0.229 e. The number of hydrogen-bond donors (Lipinski definition) is 0. The number of hydrogen-bond acceptors (Lipinski definition) is 4. The third-order valence-corrected chi connectivity index (χ3v) is 10.4. The number of furan rings is 1. The van der Waals surface area contributed by atoms with Crippen LogP contribution >= 0.6 is 0 Å². The van der Waals surface area contributed by atoms with Gasteiger partial charge in [-0.05, 0) is 80.8 Å². The SMILES string of the molecule is CC(C)c1ccc(-c2ccc(-c3cc(C(C)(C)C)cc4oc(-c5ccccc5N=Cc5cccc6ccccc56)nc34)c3oc4ccccc4c23)cc1. The molecule has 258 valence electrons. The first kappa shape index (κ1) is 32.6. The number of benzene rings is 7. The highest BCUT2D eigenvalue weighted by atomic mass is 16.3. The molecule has 0 aliphatic carbocycles. The molecule has 0 spiro atoms. The van der Waals surface area contributed by atoms with Gasteiger partial charge in [0.1, 0.15) is 16.7 Å². The zero-order chi connectivity index (χ0) is 36.3. The van der Waals surface area contributed by atoms with Crippen LogP contribution in [-0.4, -0.2) is 11.2 Å². The quantitative estimate of drug-likeness (QED) is 0.163. The second kappa shape index (κ2) is 12.8. The Hall–Kier alpha value is -6.26. The van der Waals surface area contributed by atoms with Crippen LogP contribution < -0.4 is 0 Å². The Kier molecular flexibility index (Phi) is 7.85. The van der Waals surface area contributed by atoms with E-state index in [0.717, 1.165) is 83.1 Å². The Bertz CT molecular complexity index is 2840. The molecule has 0 aliphatic heterocycles. The Morgan fingerprint density at radius 1 is 0.623 bits per heavy atom. The van der Waals surface area contributed by atoms with Gasteiger partial charge in [0, 0.05) is 33.7 Å². The van der Waals surface area contributed by atoms with Gasteiger partial charge in [0.25, 0.3) is 0 Å². The summed E-state index contributed by atoms with van der Waals surface area (Å²) in [6.45, 7) is 11.1. The van der Waals surface area contributed by atoms with E-state index < -0.39 is 0 Å². The van der Waals surface area contributed by atoms with Gasteiger partial charge in [-0.1, -0.05) is 138 Å². The van der Waals surface area contributed by atoms with Crippen LogP contribution in [0.3, 0.4) is 0 Å². The van der Waals surface area contributed by atoms with Crippen molar-refractivity contribution in [1.82, 2.24) is 4.98 Å². The van der Waals surface area contributed by atoms with Gasteiger partial charge < -0.3 is 8.83 Å². The molecule has 0 amide bonds. The molecule has 53 heavy (non-hydrogen) atoms. The summed E-state index contributed by atoms with van der Waals surface area (Å²) in [5, 5.41) is 4.53. The van der Waals surface area contributed by atoms with Crippen molar-refractivity contribution in [3.05, 3.63) is 156 Å². The molecule has 7 aromatic carbocycles. The maximum absolute atomic E-state index is 6.77. The lowest BCUT2D eigenvalue weighted by molar-refractivity contribution is 0.584. The average Bonchev–Trinajstić information content (AvgIpc) is 3.79. The lowest BCUT2D eigenvalue weighted by Crippen LogP contribution is -2.11. The number of fused-ring (bicyclic) bond motifs is 5. The first-order chi connectivity index (χ1) is 25.7. The molecular weight excluding hydrogens is 649 g/mol. The van der Waals surface area contributed by atoms with E-state index >= 15 is 0 Å². The van der Waals surface area contributed by atoms with E-state index in [2.05, 4.69) is 144 Å². The van der Waals surface area contributed by atoms with Gasteiger partial charge in [0.2, 0.25) is 5.89 Å². The molecule has 0 bridgehead atoms. The standard InChI is InChI=1S/C49H40N2O2/c1-30(2)31-21-23-33(24-22-31)37-25-26-38(47-45(37)40-18-9-11-20-43(40)52-47)41-27-35(49(3,4)5)28-44-46(41)51-48(53-44)39-17-8-10-19-42(39)50-29-34-15-12-14-32-13-6-7-16-36(32)34/h6-30H,1-5H3. The minimum absolute atomic E-state index is 0.137. The van der Waals surface area contributed by atoms with Crippen LogP contribution in [-0.2, 0) is 5.41 Å². The topological polar surface area (TPSA) is 51.5 Å². The maximum Gasteiger partial charge on any atom is 0.229 e. The Morgan fingerprint density at radius 2 is 1.34 bits per heavy atom. The van der Waals surface area contributed by atoms with Gasteiger partial charge in [-0.25, -0.2) is 4.98 Å². The summed E-state index contributed by atoms with van der Waals surface area (Å²) in [6, 6.07) is 48.8. The molecule has 0 saturated heterocycles. The number of aromatic nitrogens is 1. The normalized spacial score (nSPS) is 12.3. The highest BCUT2D eigenvalue weighted by molar-refractivity contribution is 6.17. The van der Waals surface area contributed by atoms with Crippen molar-refractivity contribution in [1.29, 1.82) is 0 Å². The Balaban J connectivity index is 1.23. The van der Waals surface area contributed by atoms with E-state index in [4.69, 9.17) is 18.8 Å². The summed E-state index contributed by atoms with van der Waals surface area (Å²) in [4.78, 5) is 10.2. The molecule has 9 rings (SSSR count).